The van der Waals surface area contributed by atoms with Crippen molar-refractivity contribution >= 4 is 0 Å². The van der Waals surface area contributed by atoms with E-state index in [2.05, 4.69) is 63.9 Å². The van der Waals surface area contributed by atoms with Crippen molar-refractivity contribution in [2.75, 3.05) is 26.4 Å². The minimum Gasteiger partial charge on any atom is -0.490 e. The van der Waals surface area contributed by atoms with E-state index < -0.39 is 0 Å². The van der Waals surface area contributed by atoms with Gasteiger partial charge in [-0.05, 0) is 53.1 Å². The summed E-state index contributed by atoms with van der Waals surface area (Å²) in [4.78, 5) is 0. The topological polar surface area (TPSA) is 43.5 Å². The van der Waals surface area contributed by atoms with Crippen LogP contribution in [0.3, 0.4) is 0 Å². The number of rotatable bonds is 14. The lowest BCUT2D eigenvalue weighted by atomic mass is 9.76. The molecule has 0 spiro atoms. The Morgan fingerprint density at radius 1 is 0.794 bits per heavy atom. The third-order valence-corrected chi connectivity index (χ3v) is 6.48. The minimum absolute atomic E-state index is 0.208. The molecule has 2 aromatic rings. The number of ether oxygens (including phenoxy) is 4. The lowest BCUT2D eigenvalue weighted by molar-refractivity contribution is 0.259. The molecule has 0 radical (unpaired) electrons. The zero-order chi connectivity index (χ0) is 24.1. The largest absolute Gasteiger partial charge is 0.490 e. The molecule has 2 aliphatic rings. The number of benzene rings is 2. The van der Waals surface area contributed by atoms with E-state index in [-0.39, 0.29) is 17.6 Å². The van der Waals surface area contributed by atoms with Crippen molar-refractivity contribution in [3.63, 3.8) is 0 Å². The maximum absolute atomic E-state index is 6.23. The Balaban J connectivity index is 1.69. The summed E-state index contributed by atoms with van der Waals surface area (Å²) in [5.41, 5.74) is 5.68. The molecule has 2 aliphatic heterocycles. The van der Waals surface area contributed by atoms with Gasteiger partial charge in [0.2, 0.25) is 0 Å². The molecule has 4 nitrogen and oxygen atoms in total. The van der Waals surface area contributed by atoms with Gasteiger partial charge in [0.15, 0.2) is 0 Å². The zero-order valence-corrected chi connectivity index (χ0v) is 20.5. The molecule has 0 bridgehead atoms. The van der Waals surface area contributed by atoms with Crippen LogP contribution in [0.15, 0.2) is 68.3 Å². The Hall–Kier alpha value is -2.82. The second kappa shape index (κ2) is 10.6. The van der Waals surface area contributed by atoms with Crippen molar-refractivity contribution in [1.82, 2.24) is 0 Å². The van der Waals surface area contributed by atoms with Crippen LogP contribution < -0.4 is 9.47 Å². The first-order valence-electron chi connectivity index (χ1n) is 12.1. The molecule has 34 heavy (non-hydrogen) atoms. The molecule has 4 rings (SSSR count). The molecule has 1 unspecified atom stereocenters. The van der Waals surface area contributed by atoms with Gasteiger partial charge in [-0.1, -0.05) is 56.3 Å². The highest BCUT2D eigenvalue weighted by atomic mass is 16.6. The van der Waals surface area contributed by atoms with Crippen molar-refractivity contribution in [3.05, 3.63) is 96.1 Å². The number of hydrogen-bond donors (Lipinski definition) is 0. The van der Waals surface area contributed by atoms with Crippen LogP contribution in [0.5, 0.6) is 11.5 Å². The Bertz CT molecular complexity index is 1010. The van der Waals surface area contributed by atoms with Gasteiger partial charge in [-0.2, -0.15) is 0 Å². The van der Waals surface area contributed by atoms with E-state index in [1.54, 1.807) is 0 Å². The fourth-order valence-electron chi connectivity index (χ4n) is 4.19. The summed E-state index contributed by atoms with van der Waals surface area (Å²) >= 11 is 0. The van der Waals surface area contributed by atoms with Crippen LogP contribution in [-0.2, 0) is 34.2 Å². The molecular formula is C30H36O4. The van der Waals surface area contributed by atoms with Gasteiger partial charge in [-0.3, -0.25) is 0 Å². The third-order valence-electron chi connectivity index (χ3n) is 6.48. The van der Waals surface area contributed by atoms with E-state index in [0.717, 1.165) is 60.7 Å². The predicted octanol–water partition coefficient (Wildman–Crippen LogP) is 5.75. The second-order valence-electron chi connectivity index (χ2n) is 9.58. The minimum atomic E-state index is -0.224. The van der Waals surface area contributed by atoms with E-state index in [1.165, 1.54) is 11.1 Å². The number of allylic oxidation sites excluding steroid dienone is 3. The molecule has 0 aromatic heterocycles. The van der Waals surface area contributed by atoms with Gasteiger partial charge in [0.25, 0.3) is 0 Å². The first kappa shape index (κ1) is 24.3. The van der Waals surface area contributed by atoms with Gasteiger partial charge < -0.3 is 18.9 Å². The van der Waals surface area contributed by atoms with Gasteiger partial charge in [0.05, 0.1) is 13.2 Å². The van der Waals surface area contributed by atoms with E-state index in [4.69, 9.17) is 18.9 Å². The van der Waals surface area contributed by atoms with E-state index >= 15 is 0 Å². The van der Waals surface area contributed by atoms with Crippen molar-refractivity contribution in [2.24, 2.45) is 0 Å². The molecule has 2 atom stereocenters. The summed E-state index contributed by atoms with van der Waals surface area (Å²) in [7, 11) is 0. The van der Waals surface area contributed by atoms with Gasteiger partial charge in [-0.25, -0.2) is 0 Å². The molecule has 0 N–H and O–H groups in total. The van der Waals surface area contributed by atoms with Crippen LogP contribution in [0.25, 0.3) is 0 Å². The summed E-state index contributed by atoms with van der Waals surface area (Å²) in [6.07, 6.45) is 8.46. The first-order valence-corrected chi connectivity index (χ1v) is 12.1. The average Bonchev–Trinajstić information content (AvgIpc) is 3.73. The molecule has 180 valence electrons. The normalized spacial score (nSPS) is 18.8. The predicted molar refractivity (Wildman–Crippen MR) is 137 cm³/mol. The van der Waals surface area contributed by atoms with Crippen LogP contribution in [-0.4, -0.2) is 38.6 Å². The lowest BCUT2D eigenvalue weighted by Gasteiger charge is -2.29. The molecule has 2 heterocycles. The fraction of sp³-hybridized carbons (Fsp3) is 0.400. The molecule has 0 amide bonds. The average molecular weight is 461 g/mol. The quantitative estimate of drug-likeness (QED) is 0.266. The number of epoxide rings is 2. The molecule has 0 saturated carbocycles. The summed E-state index contributed by atoms with van der Waals surface area (Å²) in [6, 6.07) is 11.0. The smallest absolute Gasteiger partial charge is 0.126 e. The van der Waals surface area contributed by atoms with Gasteiger partial charge in [-0.15, -0.1) is 19.7 Å². The summed E-state index contributed by atoms with van der Waals surface area (Å²) < 4.78 is 22.9. The third kappa shape index (κ3) is 5.81. The Morgan fingerprint density at radius 2 is 1.29 bits per heavy atom. The summed E-state index contributed by atoms with van der Waals surface area (Å²) in [5, 5.41) is 0. The second-order valence-corrected chi connectivity index (χ2v) is 9.58. The van der Waals surface area contributed by atoms with Crippen LogP contribution in [0, 0.1) is 0 Å². The van der Waals surface area contributed by atoms with Crippen LogP contribution in [0.4, 0.5) is 0 Å². The summed E-state index contributed by atoms with van der Waals surface area (Å²) in [6.45, 7) is 19.2. The maximum atomic E-state index is 6.23. The zero-order valence-electron chi connectivity index (χ0n) is 20.5. The summed E-state index contributed by atoms with van der Waals surface area (Å²) in [5.74, 6) is 1.84. The van der Waals surface area contributed by atoms with Crippen molar-refractivity contribution in [3.8, 4) is 11.5 Å². The molecule has 0 aliphatic carbocycles. The van der Waals surface area contributed by atoms with E-state index in [1.807, 2.05) is 18.2 Å². The van der Waals surface area contributed by atoms with Crippen molar-refractivity contribution in [1.29, 1.82) is 0 Å². The van der Waals surface area contributed by atoms with Crippen LogP contribution in [0.1, 0.15) is 41.7 Å². The Morgan fingerprint density at radius 3 is 1.82 bits per heavy atom. The Labute approximate surface area is 203 Å². The molecule has 2 aromatic carbocycles. The Kier molecular flexibility index (Phi) is 7.60. The highest BCUT2D eigenvalue weighted by Crippen LogP contribution is 2.39. The van der Waals surface area contributed by atoms with Crippen LogP contribution >= 0.6 is 0 Å². The van der Waals surface area contributed by atoms with Gasteiger partial charge >= 0.3 is 0 Å². The standard InChI is InChI=1S/C30H36O4/c1-6-9-21-14-24(12-13-28(21)33-19-26-17-31-26)30(4,5)25-15-22(10-7-2)29(23(16-25)11-8-3)34-20-27-18-32-27/h6-8,12-16,26-27H,1-3,9-11,17-20H2,4-5H3/t26-,27?/m0/s1. The maximum Gasteiger partial charge on any atom is 0.126 e. The highest BCUT2D eigenvalue weighted by Gasteiger charge is 2.29. The van der Waals surface area contributed by atoms with Gasteiger partial charge in [0, 0.05) is 5.41 Å². The van der Waals surface area contributed by atoms with E-state index in [9.17, 15) is 0 Å². The SMILES string of the molecule is C=CCc1cc(C(C)(C)c2cc(CC=C)c(OCC3CO3)c(CC=C)c2)ccc1OC[C@@H]1CO1. The van der Waals surface area contributed by atoms with Crippen molar-refractivity contribution in [2.45, 2.75) is 50.7 Å². The fourth-order valence-corrected chi connectivity index (χ4v) is 4.19. The molecule has 4 heteroatoms. The highest BCUT2D eigenvalue weighted by molar-refractivity contribution is 5.52. The molecule has 2 saturated heterocycles. The van der Waals surface area contributed by atoms with E-state index in [0.29, 0.717) is 13.2 Å². The van der Waals surface area contributed by atoms with Crippen molar-refractivity contribution < 1.29 is 18.9 Å². The number of hydrogen-bond acceptors (Lipinski definition) is 4. The first-order chi connectivity index (χ1) is 16.5. The lowest BCUT2D eigenvalue weighted by Crippen LogP contribution is -2.21. The van der Waals surface area contributed by atoms with Gasteiger partial charge in [0.1, 0.15) is 36.9 Å². The monoisotopic (exact) mass is 460 g/mol. The molecular weight excluding hydrogens is 424 g/mol. The van der Waals surface area contributed by atoms with Crippen LogP contribution in [0.2, 0.25) is 0 Å². The molecule has 2 fully saturated rings.